The van der Waals surface area contributed by atoms with E-state index in [4.69, 9.17) is 5.73 Å². The van der Waals surface area contributed by atoms with Crippen LogP contribution in [0.25, 0.3) is 0 Å². The van der Waals surface area contributed by atoms with Crippen molar-refractivity contribution in [2.24, 2.45) is 22.1 Å². The lowest BCUT2D eigenvalue weighted by atomic mass is 9.92. The van der Waals surface area contributed by atoms with E-state index in [1.807, 2.05) is 11.8 Å². The number of rotatable bonds is 3. The van der Waals surface area contributed by atoms with E-state index in [1.165, 1.54) is 12.8 Å². The highest BCUT2D eigenvalue weighted by atomic mass is 32.2. The van der Waals surface area contributed by atoms with E-state index >= 15 is 0 Å². The van der Waals surface area contributed by atoms with E-state index in [-0.39, 0.29) is 5.41 Å². The molecule has 2 unspecified atom stereocenters. The molecule has 106 valence electrons. The summed E-state index contributed by atoms with van der Waals surface area (Å²) in [6, 6.07) is 0. The minimum absolute atomic E-state index is 0.276. The van der Waals surface area contributed by atoms with Gasteiger partial charge in [0.1, 0.15) is 0 Å². The molecule has 1 saturated heterocycles. The van der Waals surface area contributed by atoms with Gasteiger partial charge in [-0.25, -0.2) is 0 Å². The third-order valence-electron chi connectivity index (χ3n) is 3.65. The predicted octanol–water partition coefficient (Wildman–Crippen LogP) is 2.81. The number of aliphatic imine (C=N–C) groups is 1. The van der Waals surface area contributed by atoms with Crippen molar-refractivity contribution in [1.82, 2.24) is 4.90 Å². The summed E-state index contributed by atoms with van der Waals surface area (Å²) in [7, 11) is 0. The molecule has 4 heteroatoms. The zero-order valence-electron chi connectivity index (χ0n) is 12.6. The molecular formula is C14H29N3S. The van der Waals surface area contributed by atoms with Crippen molar-refractivity contribution in [2.45, 2.75) is 45.8 Å². The molecule has 2 N–H and O–H groups in total. The van der Waals surface area contributed by atoms with Gasteiger partial charge in [0, 0.05) is 18.3 Å². The van der Waals surface area contributed by atoms with Crippen LogP contribution in [-0.2, 0) is 0 Å². The van der Waals surface area contributed by atoms with Crippen molar-refractivity contribution in [3.63, 3.8) is 0 Å². The molecule has 0 bridgehead atoms. The summed E-state index contributed by atoms with van der Waals surface area (Å²) in [4.78, 5) is 6.86. The maximum Gasteiger partial charge on any atom is 0.191 e. The van der Waals surface area contributed by atoms with Crippen LogP contribution in [0.3, 0.4) is 0 Å². The lowest BCUT2D eigenvalue weighted by molar-refractivity contribution is 0.270. The van der Waals surface area contributed by atoms with Crippen molar-refractivity contribution in [2.75, 3.05) is 25.9 Å². The molecule has 1 fully saturated rings. The Kier molecular flexibility index (Phi) is 5.83. The lowest BCUT2D eigenvalue weighted by Gasteiger charge is -2.32. The van der Waals surface area contributed by atoms with Crippen molar-refractivity contribution in [3.8, 4) is 0 Å². The number of likely N-dealkylation sites (tertiary alicyclic amines) is 1. The summed E-state index contributed by atoms with van der Waals surface area (Å²) >= 11 is 1.88. The van der Waals surface area contributed by atoms with E-state index in [9.17, 15) is 0 Å². The van der Waals surface area contributed by atoms with E-state index in [0.717, 1.165) is 31.5 Å². The average Bonchev–Trinajstić information content (AvgIpc) is 2.27. The fraction of sp³-hybridized carbons (Fsp3) is 0.929. The van der Waals surface area contributed by atoms with E-state index in [1.54, 1.807) is 0 Å². The lowest BCUT2D eigenvalue weighted by Crippen LogP contribution is -2.44. The van der Waals surface area contributed by atoms with E-state index < -0.39 is 0 Å². The number of piperidine rings is 1. The molecule has 0 aliphatic carbocycles. The predicted molar refractivity (Wildman–Crippen MR) is 83.2 cm³/mol. The van der Waals surface area contributed by atoms with Gasteiger partial charge in [-0.3, -0.25) is 4.99 Å². The van der Waals surface area contributed by atoms with Gasteiger partial charge in [0.25, 0.3) is 0 Å². The largest absolute Gasteiger partial charge is 0.370 e. The van der Waals surface area contributed by atoms with E-state index in [0.29, 0.717) is 5.25 Å². The summed E-state index contributed by atoms with van der Waals surface area (Å²) in [6.45, 7) is 12.0. The molecule has 0 aromatic rings. The van der Waals surface area contributed by atoms with Gasteiger partial charge in [0.2, 0.25) is 0 Å². The summed E-state index contributed by atoms with van der Waals surface area (Å²) in [5.41, 5.74) is 6.40. The molecule has 0 amide bonds. The molecular weight excluding hydrogens is 242 g/mol. The van der Waals surface area contributed by atoms with Crippen LogP contribution in [0.5, 0.6) is 0 Å². The molecule has 1 aliphatic rings. The molecule has 1 aliphatic heterocycles. The van der Waals surface area contributed by atoms with E-state index in [2.05, 4.69) is 43.8 Å². The van der Waals surface area contributed by atoms with Gasteiger partial charge >= 0.3 is 0 Å². The summed E-state index contributed by atoms with van der Waals surface area (Å²) in [5.74, 6) is 1.48. The minimum atomic E-state index is 0.276. The van der Waals surface area contributed by atoms with Gasteiger partial charge < -0.3 is 10.6 Å². The van der Waals surface area contributed by atoms with Crippen LogP contribution >= 0.6 is 11.8 Å². The number of nitrogens with two attached hydrogens (primary N) is 1. The number of nitrogens with zero attached hydrogens (tertiary/aromatic N) is 2. The average molecular weight is 271 g/mol. The molecule has 1 rings (SSSR count). The van der Waals surface area contributed by atoms with Crippen LogP contribution in [-0.4, -0.2) is 42.0 Å². The van der Waals surface area contributed by atoms with Gasteiger partial charge in [0.05, 0.1) is 6.54 Å². The Bertz CT molecular complexity index is 283. The number of hydrogen-bond acceptors (Lipinski definition) is 2. The van der Waals surface area contributed by atoms with Gasteiger partial charge in [0.15, 0.2) is 5.96 Å². The molecule has 1 heterocycles. The first-order valence-electron chi connectivity index (χ1n) is 6.92. The molecule has 18 heavy (non-hydrogen) atoms. The number of hydrogen-bond donors (Lipinski definition) is 1. The first-order chi connectivity index (χ1) is 8.34. The number of thioether (sulfide) groups is 1. The second-order valence-corrected chi connectivity index (χ2v) is 7.52. The molecule has 0 aromatic heterocycles. The highest BCUT2D eigenvalue weighted by Crippen LogP contribution is 2.29. The first kappa shape index (κ1) is 15.7. The fourth-order valence-corrected chi connectivity index (χ4v) is 3.31. The molecule has 3 nitrogen and oxygen atoms in total. The first-order valence-corrected chi connectivity index (χ1v) is 8.21. The Labute approximate surface area is 117 Å². The van der Waals surface area contributed by atoms with Crippen LogP contribution in [0.4, 0.5) is 0 Å². The Morgan fingerprint density at radius 2 is 2.17 bits per heavy atom. The van der Waals surface area contributed by atoms with Gasteiger partial charge in [-0.1, -0.05) is 27.7 Å². The summed E-state index contributed by atoms with van der Waals surface area (Å²) in [6.07, 6.45) is 4.71. The second-order valence-electron chi connectivity index (χ2n) is 6.48. The SMILES string of the molecule is CSC(CN=C(N)N1CCCC(C)C1)C(C)(C)C. The smallest absolute Gasteiger partial charge is 0.191 e. The van der Waals surface area contributed by atoms with Gasteiger partial charge in [-0.05, 0) is 30.4 Å². The van der Waals surface area contributed by atoms with Gasteiger partial charge in [-0.2, -0.15) is 11.8 Å². The Morgan fingerprint density at radius 3 is 2.67 bits per heavy atom. The Hall–Kier alpha value is -0.380. The van der Waals surface area contributed by atoms with Crippen LogP contribution in [0.15, 0.2) is 4.99 Å². The maximum atomic E-state index is 6.12. The standard InChI is InChI=1S/C14H29N3S/c1-11-7-6-8-17(10-11)13(15)16-9-12(18-5)14(2,3)4/h11-12H,6-10H2,1-5H3,(H2,15,16). The van der Waals surface area contributed by atoms with Crippen LogP contribution in [0.2, 0.25) is 0 Å². The zero-order chi connectivity index (χ0) is 13.8. The fourth-order valence-electron chi connectivity index (χ4n) is 2.38. The third kappa shape index (κ3) is 4.71. The molecule has 0 spiro atoms. The highest BCUT2D eigenvalue weighted by Gasteiger charge is 2.24. The molecule has 0 saturated carbocycles. The summed E-state index contributed by atoms with van der Waals surface area (Å²) < 4.78 is 0. The molecule has 2 atom stereocenters. The zero-order valence-corrected chi connectivity index (χ0v) is 13.4. The van der Waals surface area contributed by atoms with Crippen molar-refractivity contribution in [3.05, 3.63) is 0 Å². The maximum absolute atomic E-state index is 6.12. The molecule has 0 aromatic carbocycles. The van der Waals surface area contributed by atoms with Crippen LogP contribution < -0.4 is 5.73 Å². The highest BCUT2D eigenvalue weighted by molar-refractivity contribution is 7.99. The van der Waals surface area contributed by atoms with Crippen molar-refractivity contribution < 1.29 is 0 Å². The number of guanidine groups is 1. The molecule has 0 radical (unpaired) electrons. The Morgan fingerprint density at radius 1 is 1.50 bits per heavy atom. The monoisotopic (exact) mass is 271 g/mol. The van der Waals surface area contributed by atoms with Crippen LogP contribution in [0.1, 0.15) is 40.5 Å². The third-order valence-corrected chi connectivity index (χ3v) is 5.08. The summed E-state index contributed by atoms with van der Waals surface area (Å²) in [5, 5.41) is 0.526. The minimum Gasteiger partial charge on any atom is -0.370 e. The second kappa shape index (κ2) is 6.69. The Balaban J connectivity index is 2.54. The van der Waals surface area contributed by atoms with Crippen LogP contribution in [0, 0.1) is 11.3 Å². The van der Waals surface area contributed by atoms with Gasteiger partial charge in [-0.15, -0.1) is 0 Å². The van der Waals surface area contributed by atoms with Crippen molar-refractivity contribution >= 4 is 17.7 Å². The normalized spacial score (nSPS) is 24.2. The quantitative estimate of drug-likeness (QED) is 0.634. The topological polar surface area (TPSA) is 41.6 Å². The van der Waals surface area contributed by atoms with Crippen molar-refractivity contribution in [1.29, 1.82) is 0 Å².